The van der Waals surface area contributed by atoms with Crippen molar-refractivity contribution in [2.24, 2.45) is 0 Å². The average molecular weight is 271 g/mol. The lowest BCUT2D eigenvalue weighted by Crippen LogP contribution is -2.57. The first-order valence-electron chi connectivity index (χ1n) is 5.99. The summed E-state index contributed by atoms with van der Waals surface area (Å²) < 4.78 is 13.4. The van der Waals surface area contributed by atoms with E-state index in [-0.39, 0.29) is 23.0 Å². The zero-order valence-electron chi connectivity index (χ0n) is 10.4. The molecule has 18 heavy (non-hydrogen) atoms. The van der Waals surface area contributed by atoms with Crippen molar-refractivity contribution < 1.29 is 9.18 Å². The van der Waals surface area contributed by atoms with Gasteiger partial charge in [-0.25, -0.2) is 4.39 Å². The highest BCUT2D eigenvalue weighted by Gasteiger charge is 2.29. The van der Waals surface area contributed by atoms with Gasteiger partial charge in [-0.15, -0.1) is 0 Å². The van der Waals surface area contributed by atoms with Crippen molar-refractivity contribution in [3.05, 3.63) is 34.6 Å². The lowest BCUT2D eigenvalue weighted by Gasteiger charge is -2.39. The van der Waals surface area contributed by atoms with Gasteiger partial charge in [0.2, 0.25) is 0 Å². The largest absolute Gasteiger partial charge is 0.331 e. The normalized spacial score (nSPS) is 24.1. The summed E-state index contributed by atoms with van der Waals surface area (Å²) in [5, 5.41) is 3.29. The smallest absolute Gasteiger partial charge is 0.254 e. The van der Waals surface area contributed by atoms with Crippen molar-refractivity contribution in [2.45, 2.75) is 25.9 Å². The molecule has 98 valence electrons. The van der Waals surface area contributed by atoms with Gasteiger partial charge in [0.05, 0.1) is 5.02 Å². The van der Waals surface area contributed by atoms with Crippen molar-refractivity contribution in [2.75, 3.05) is 13.1 Å². The maximum Gasteiger partial charge on any atom is 0.254 e. The summed E-state index contributed by atoms with van der Waals surface area (Å²) in [7, 11) is 0. The number of halogens is 2. The van der Waals surface area contributed by atoms with Crippen LogP contribution in [0.2, 0.25) is 5.02 Å². The Morgan fingerprint density at radius 3 is 2.56 bits per heavy atom. The fraction of sp³-hybridized carbons (Fsp3) is 0.462. The highest BCUT2D eigenvalue weighted by molar-refractivity contribution is 6.30. The molecule has 0 saturated carbocycles. The van der Waals surface area contributed by atoms with Crippen molar-refractivity contribution >= 4 is 17.5 Å². The van der Waals surface area contributed by atoms with Crippen LogP contribution < -0.4 is 5.32 Å². The van der Waals surface area contributed by atoms with Crippen molar-refractivity contribution in [1.82, 2.24) is 10.2 Å². The Bertz CT molecular complexity index is 456. The van der Waals surface area contributed by atoms with E-state index < -0.39 is 5.82 Å². The van der Waals surface area contributed by atoms with Crippen LogP contribution in [0.25, 0.3) is 0 Å². The molecule has 1 heterocycles. The molecule has 2 rings (SSSR count). The van der Waals surface area contributed by atoms with Gasteiger partial charge in [-0.05, 0) is 32.0 Å². The summed E-state index contributed by atoms with van der Waals surface area (Å²) in [6, 6.07) is 4.38. The predicted molar refractivity (Wildman–Crippen MR) is 69.4 cm³/mol. The number of benzene rings is 1. The molecule has 1 aliphatic heterocycles. The van der Waals surface area contributed by atoms with Gasteiger partial charge in [-0.2, -0.15) is 0 Å². The Hall–Kier alpha value is -1.13. The third-order valence-electron chi connectivity index (χ3n) is 3.23. The van der Waals surface area contributed by atoms with Crippen LogP contribution in [0.4, 0.5) is 4.39 Å². The lowest BCUT2D eigenvalue weighted by atomic mass is 10.1. The van der Waals surface area contributed by atoms with E-state index in [1.54, 1.807) is 11.0 Å². The topological polar surface area (TPSA) is 32.3 Å². The van der Waals surface area contributed by atoms with Crippen LogP contribution in [0, 0.1) is 5.82 Å². The van der Waals surface area contributed by atoms with E-state index in [1.807, 2.05) is 13.8 Å². The molecular formula is C13H16ClFN2O. The third-order valence-corrected chi connectivity index (χ3v) is 3.54. The Labute approximate surface area is 111 Å². The van der Waals surface area contributed by atoms with Crippen LogP contribution in [0.3, 0.4) is 0 Å². The second kappa shape index (κ2) is 5.24. The Morgan fingerprint density at radius 1 is 1.39 bits per heavy atom. The Morgan fingerprint density at radius 2 is 2.00 bits per heavy atom. The number of carbonyl (C=O) groups excluding carboxylic acids is 1. The summed E-state index contributed by atoms with van der Waals surface area (Å²) in [5.74, 6) is -0.704. The van der Waals surface area contributed by atoms with Crippen LogP contribution in [0.5, 0.6) is 0 Å². The van der Waals surface area contributed by atoms with Crippen LogP contribution in [0.15, 0.2) is 18.2 Å². The minimum Gasteiger partial charge on any atom is -0.331 e. The molecule has 0 aliphatic carbocycles. The molecule has 1 saturated heterocycles. The number of hydrogen-bond acceptors (Lipinski definition) is 2. The number of hydrogen-bond donors (Lipinski definition) is 1. The zero-order valence-corrected chi connectivity index (χ0v) is 11.2. The molecule has 1 aromatic rings. The minimum atomic E-state index is -0.557. The Kier molecular flexibility index (Phi) is 3.88. The molecule has 5 heteroatoms. The van der Waals surface area contributed by atoms with E-state index in [9.17, 15) is 9.18 Å². The van der Waals surface area contributed by atoms with Gasteiger partial charge in [-0.1, -0.05) is 11.6 Å². The van der Waals surface area contributed by atoms with Crippen molar-refractivity contribution in [1.29, 1.82) is 0 Å². The van der Waals surface area contributed by atoms with Gasteiger partial charge in [0.1, 0.15) is 5.82 Å². The van der Waals surface area contributed by atoms with Crippen LogP contribution in [0.1, 0.15) is 24.2 Å². The van der Waals surface area contributed by atoms with Crippen molar-refractivity contribution in [3.8, 4) is 0 Å². The molecule has 0 bridgehead atoms. The summed E-state index contributed by atoms with van der Waals surface area (Å²) >= 11 is 5.62. The highest BCUT2D eigenvalue weighted by Crippen LogP contribution is 2.19. The maximum atomic E-state index is 13.4. The van der Waals surface area contributed by atoms with Crippen LogP contribution in [-0.2, 0) is 0 Å². The number of nitrogens with one attached hydrogen (secondary N) is 1. The fourth-order valence-corrected chi connectivity index (χ4v) is 2.43. The predicted octanol–water partition coefficient (Wildman–Crippen LogP) is 2.30. The molecule has 0 aromatic heterocycles. The van der Waals surface area contributed by atoms with Gasteiger partial charge in [-0.3, -0.25) is 4.79 Å². The maximum absolute atomic E-state index is 13.4. The number of piperazine rings is 1. The van der Waals surface area contributed by atoms with Crippen molar-refractivity contribution in [3.63, 3.8) is 0 Å². The highest BCUT2D eigenvalue weighted by atomic mass is 35.5. The standard InChI is InChI=1S/C13H16ClFN2O/c1-8-6-16-7-9(2)17(8)13(18)10-3-4-11(14)12(15)5-10/h3-5,8-9,16H,6-7H2,1-2H3. The molecule has 3 nitrogen and oxygen atoms in total. The van der Waals surface area contributed by atoms with Gasteiger partial charge in [0, 0.05) is 30.7 Å². The quantitative estimate of drug-likeness (QED) is 0.849. The van der Waals surface area contributed by atoms with Gasteiger partial charge in [0.25, 0.3) is 5.91 Å². The molecular weight excluding hydrogens is 255 g/mol. The zero-order chi connectivity index (χ0) is 13.3. The first-order valence-corrected chi connectivity index (χ1v) is 6.37. The lowest BCUT2D eigenvalue weighted by molar-refractivity contribution is 0.0544. The molecule has 1 amide bonds. The average Bonchev–Trinajstić information content (AvgIpc) is 2.32. The number of rotatable bonds is 1. The molecule has 0 spiro atoms. The summed E-state index contributed by atoms with van der Waals surface area (Å²) in [6.45, 7) is 5.47. The van der Waals surface area contributed by atoms with E-state index >= 15 is 0 Å². The number of amides is 1. The molecule has 2 atom stereocenters. The molecule has 0 radical (unpaired) electrons. The minimum absolute atomic E-state index is 0.0351. The van der Waals surface area contributed by atoms with E-state index in [4.69, 9.17) is 11.6 Å². The summed E-state index contributed by atoms with van der Waals surface area (Å²) in [5.41, 5.74) is 0.345. The first-order chi connectivity index (χ1) is 8.50. The van der Waals surface area contributed by atoms with Gasteiger partial charge in [0.15, 0.2) is 0 Å². The van der Waals surface area contributed by atoms with E-state index in [2.05, 4.69) is 5.32 Å². The van der Waals surface area contributed by atoms with E-state index in [0.717, 1.165) is 13.1 Å². The van der Waals surface area contributed by atoms with Crippen LogP contribution >= 0.6 is 11.6 Å². The SMILES string of the molecule is CC1CNCC(C)N1C(=O)c1ccc(Cl)c(F)c1. The molecule has 2 unspecified atom stereocenters. The summed E-state index contributed by atoms with van der Waals surface area (Å²) in [6.07, 6.45) is 0. The van der Waals surface area contributed by atoms with Gasteiger partial charge < -0.3 is 10.2 Å². The molecule has 1 N–H and O–H groups in total. The second-order valence-electron chi connectivity index (χ2n) is 4.70. The Balaban J connectivity index is 2.26. The third kappa shape index (κ3) is 2.49. The number of nitrogens with zero attached hydrogens (tertiary/aromatic N) is 1. The molecule has 1 aliphatic rings. The summed E-state index contributed by atoms with van der Waals surface area (Å²) in [4.78, 5) is 14.2. The molecule has 1 aromatic carbocycles. The van der Waals surface area contributed by atoms with Gasteiger partial charge >= 0.3 is 0 Å². The van der Waals surface area contributed by atoms with E-state index in [1.165, 1.54) is 12.1 Å². The first kappa shape index (κ1) is 13.3. The molecule has 1 fully saturated rings. The number of carbonyl (C=O) groups is 1. The monoisotopic (exact) mass is 270 g/mol. The fourth-order valence-electron chi connectivity index (χ4n) is 2.31. The van der Waals surface area contributed by atoms with E-state index in [0.29, 0.717) is 5.56 Å². The second-order valence-corrected chi connectivity index (χ2v) is 5.10. The van der Waals surface area contributed by atoms with Crippen LogP contribution in [-0.4, -0.2) is 36.0 Å².